The average molecular weight is 399 g/mol. The standard InChI is InChI=1S/C26H42N2O/c1-17(27-5)20-11-13-26(4)22-8-7-21-18(14-19(22)10-12-25(20,26)3)6-9-23-24(21,2)15-29-16-28-23/h10,14,17,20-23,27-28H,6-9,11-13,15-16H2,1-5H3. The highest BCUT2D eigenvalue weighted by Gasteiger charge is 2.60. The van der Waals surface area contributed by atoms with Crippen LogP contribution in [-0.2, 0) is 4.74 Å². The van der Waals surface area contributed by atoms with Gasteiger partial charge in [-0.05, 0) is 93.1 Å². The number of ether oxygens (including phenoxy) is 1. The van der Waals surface area contributed by atoms with E-state index >= 15 is 0 Å². The molecule has 8 atom stereocenters. The van der Waals surface area contributed by atoms with Crippen molar-refractivity contribution in [3.63, 3.8) is 0 Å². The van der Waals surface area contributed by atoms with E-state index in [1.807, 2.05) is 0 Å². The monoisotopic (exact) mass is 398 g/mol. The van der Waals surface area contributed by atoms with Crippen LogP contribution in [0.5, 0.6) is 0 Å². The smallest absolute Gasteiger partial charge is 0.0967 e. The molecule has 0 aromatic carbocycles. The van der Waals surface area contributed by atoms with Gasteiger partial charge in [0.2, 0.25) is 0 Å². The predicted molar refractivity (Wildman–Crippen MR) is 120 cm³/mol. The van der Waals surface area contributed by atoms with Gasteiger partial charge in [0.05, 0.1) is 13.3 Å². The number of hydrogen-bond acceptors (Lipinski definition) is 3. The number of nitrogens with one attached hydrogen (secondary N) is 2. The molecule has 0 amide bonds. The minimum absolute atomic E-state index is 0.263. The minimum Gasteiger partial charge on any atom is -0.366 e. The molecule has 0 bridgehead atoms. The number of hydrogen-bond donors (Lipinski definition) is 2. The molecule has 2 saturated carbocycles. The fourth-order valence-corrected chi connectivity index (χ4v) is 8.61. The van der Waals surface area contributed by atoms with E-state index in [1.165, 1.54) is 44.9 Å². The largest absolute Gasteiger partial charge is 0.366 e. The summed E-state index contributed by atoms with van der Waals surface area (Å²) in [5.41, 5.74) is 4.53. The molecule has 0 spiro atoms. The van der Waals surface area contributed by atoms with Crippen molar-refractivity contribution < 1.29 is 4.74 Å². The first-order valence-corrected chi connectivity index (χ1v) is 12.2. The summed E-state index contributed by atoms with van der Waals surface area (Å²) < 4.78 is 5.95. The summed E-state index contributed by atoms with van der Waals surface area (Å²) in [6, 6.07) is 1.23. The van der Waals surface area contributed by atoms with Crippen molar-refractivity contribution in [2.75, 3.05) is 20.4 Å². The number of allylic oxidation sites excluding steroid dienone is 4. The third-order valence-electron chi connectivity index (χ3n) is 10.8. The molecule has 3 nitrogen and oxygen atoms in total. The Labute approximate surface area is 178 Å². The van der Waals surface area contributed by atoms with E-state index in [9.17, 15) is 0 Å². The lowest BCUT2D eigenvalue weighted by Crippen LogP contribution is -2.57. The third kappa shape index (κ3) is 2.72. The lowest BCUT2D eigenvalue weighted by atomic mass is 9.51. The average Bonchev–Trinajstić information content (AvgIpc) is 2.86. The molecule has 8 unspecified atom stereocenters. The molecular weight excluding hydrogens is 356 g/mol. The van der Waals surface area contributed by atoms with Crippen LogP contribution in [0.15, 0.2) is 23.3 Å². The number of rotatable bonds is 2. The van der Waals surface area contributed by atoms with Crippen LogP contribution in [0.2, 0.25) is 0 Å². The molecule has 4 aliphatic carbocycles. The molecule has 0 radical (unpaired) electrons. The van der Waals surface area contributed by atoms with Crippen LogP contribution < -0.4 is 10.6 Å². The Hall–Kier alpha value is -0.640. The maximum Gasteiger partial charge on any atom is 0.0967 e. The van der Waals surface area contributed by atoms with Gasteiger partial charge in [-0.3, -0.25) is 5.32 Å². The zero-order valence-corrected chi connectivity index (χ0v) is 19.3. The first-order valence-electron chi connectivity index (χ1n) is 12.2. The van der Waals surface area contributed by atoms with Crippen molar-refractivity contribution in [1.82, 2.24) is 10.6 Å². The molecular formula is C26H42N2O. The highest BCUT2D eigenvalue weighted by molar-refractivity contribution is 5.37. The molecule has 1 aliphatic heterocycles. The topological polar surface area (TPSA) is 33.3 Å². The highest BCUT2D eigenvalue weighted by Crippen LogP contribution is 2.67. The van der Waals surface area contributed by atoms with Gasteiger partial charge in [-0.15, -0.1) is 0 Å². The zero-order chi connectivity index (χ0) is 20.4. The van der Waals surface area contributed by atoms with Crippen molar-refractivity contribution in [2.24, 2.45) is 34.0 Å². The Balaban J connectivity index is 1.49. The van der Waals surface area contributed by atoms with Crippen molar-refractivity contribution in [2.45, 2.75) is 84.7 Å². The van der Waals surface area contributed by atoms with E-state index < -0.39 is 0 Å². The van der Waals surface area contributed by atoms with E-state index in [0.29, 0.717) is 28.8 Å². The Morgan fingerprint density at radius 2 is 1.90 bits per heavy atom. The van der Waals surface area contributed by atoms with Gasteiger partial charge in [0.1, 0.15) is 0 Å². The van der Waals surface area contributed by atoms with Crippen LogP contribution in [0, 0.1) is 34.0 Å². The van der Waals surface area contributed by atoms with Crippen molar-refractivity contribution >= 4 is 0 Å². The fraction of sp³-hybridized carbons (Fsp3) is 0.846. The maximum atomic E-state index is 5.95. The second-order valence-corrected chi connectivity index (χ2v) is 11.7. The molecule has 162 valence electrons. The predicted octanol–water partition coefficient (Wildman–Crippen LogP) is 5.05. The summed E-state index contributed by atoms with van der Waals surface area (Å²) >= 11 is 0. The molecule has 3 fully saturated rings. The Morgan fingerprint density at radius 1 is 1.10 bits per heavy atom. The van der Waals surface area contributed by atoms with Crippen molar-refractivity contribution in [1.29, 1.82) is 0 Å². The molecule has 0 aromatic rings. The second-order valence-electron chi connectivity index (χ2n) is 11.7. The summed E-state index contributed by atoms with van der Waals surface area (Å²) in [7, 11) is 2.14. The Morgan fingerprint density at radius 3 is 2.69 bits per heavy atom. The van der Waals surface area contributed by atoms with Gasteiger partial charge >= 0.3 is 0 Å². The zero-order valence-electron chi connectivity index (χ0n) is 19.3. The molecule has 3 heteroatoms. The van der Waals surface area contributed by atoms with E-state index in [-0.39, 0.29) is 5.41 Å². The first kappa shape index (κ1) is 20.3. The van der Waals surface area contributed by atoms with E-state index in [0.717, 1.165) is 25.2 Å². The quantitative estimate of drug-likeness (QED) is 0.683. The minimum atomic E-state index is 0.263. The molecule has 1 saturated heterocycles. The lowest BCUT2D eigenvalue weighted by Gasteiger charge is -2.53. The van der Waals surface area contributed by atoms with Gasteiger partial charge in [0, 0.05) is 17.5 Å². The van der Waals surface area contributed by atoms with Crippen molar-refractivity contribution in [3.05, 3.63) is 23.3 Å². The first-order chi connectivity index (χ1) is 13.8. The fourth-order valence-electron chi connectivity index (χ4n) is 8.61. The molecule has 0 aromatic heterocycles. The SMILES string of the molecule is CNC(C)C1CCC2(C)C3CCC4C(=CC3=CCC12C)CCC1NCOCC14C. The molecule has 5 aliphatic rings. The Bertz CT molecular complexity index is 728. The third-order valence-corrected chi connectivity index (χ3v) is 10.8. The van der Waals surface area contributed by atoms with Gasteiger partial charge in [0.15, 0.2) is 0 Å². The van der Waals surface area contributed by atoms with Gasteiger partial charge in [-0.25, -0.2) is 0 Å². The van der Waals surface area contributed by atoms with Crippen LogP contribution in [0.25, 0.3) is 0 Å². The molecule has 29 heavy (non-hydrogen) atoms. The van der Waals surface area contributed by atoms with Gasteiger partial charge < -0.3 is 10.1 Å². The van der Waals surface area contributed by atoms with Crippen LogP contribution in [0.3, 0.4) is 0 Å². The molecule has 5 rings (SSSR count). The summed E-state index contributed by atoms with van der Waals surface area (Å²) in [4.78, 5) is 0. The van der Waals surface area contributed by atoms with Crippen LogP contribution in [0.1, 0.15) is 72.6 Å². The van der Waals surface area contributed by atoms with Crippen LogP contribution in [-0.4, -0.2) is 32.5 Å². The van der Waals surface area contributed by atoms with Crippen molar-refractivity contribution in [3.8, 4) is 0 Å². The summed E-state index contributed by atoms with van der Waals surface area (Å²) in [5.74, 6) is 2.20. The Kier molecular flexibility index (Phi) is 4.85. The normalized spacial score (nSPS) is 50.2. The van der Waals surface area contributed by atoms with E-state index in [2.05, 4.69) is 57.5 Å². The number of fused-ring (bicyclic) bond motifs is 6. The molecule has 1 heterocycles. The summed E-state index contributed by atoms with van der Waals surface area (Å²) in [5, 5.41) is 7.27. The van der Waals surface area contributed by atoms with E-state index in [1.54, 1.807) is 11.1 Å². The second kappa shape index (κ2) is 6.93. The maximum absolute atomic E-state index is 5.95. The van der Waals surface area contributed by atoms with Crippen LogP contribution in [0.4, 0.5) is 0 Å². The van der Waals surface area contributed by atoms with Gasteiger partial charge in [-0.1, -0.05) is 38.5 Å². The van der Waals surface area contributed by atoms with Gasteiger partial charge in [-0.2, -0.15) is 0 Å². The van der Waals surface area contributed by atoms with Gasteiger partial charge in [0.25, 0.3) is 0 Å². The highest BCUT2D eigenvalue weighted by atomic mass is 16.5. The molecule has 2 N–H and O–H groups in total. The summed E-state index contributed by atoms with van der Waals surface area (Å²) in [6.45, 7) is 11.8. The van der Waals surface area contributed by atoms with E-state index in [4.69, 9.17) is 4.74 Å². The lowest BCUT2D eigenvalue weighted by molar-refractivity contribution is -0.0738. The van der Waals surface area contributed by atoms with Crippen LogP contribution >= 0.6 is 0 Å². The summed E-state index contributed by atoms with van der Waals surface area (Å²) in [6.07, 6.45) is 14.6.